The Morgan fingerprint density at radius 2 is 1.79 bits per heavy atom. The van der Waals surface area contributed by atoms with Crippen LogP contribution in [-0.4, -0.2) is 5.60 Å². The van der Waals surface area contributed by atoms with E-state index < -0.39 is 6.23 Å². The van der Waals surface area contributed by atoms with Gasteiger partial charge < -0.3 is 16.2 Å². The number of hydrogen-bond donors (Lipinski definition) is 2. The molecule has 0 heterocycles. The van der Waals surface area contributed by atoms with Crippen molar-refractivity contribution in [1.29, 1.82) is 0 Å². The smallest absolute Gasteiger partial charge is 0.134 e. The summed E-state index contributed by atoms with van der Waals surface area (Å²) in [5.41, 5.74) is 12.9. The van der Waals surface area contributed by atoms with Crippen LogP contribution in [0.2, 0.25) is 0 Å². The molecule has 1 aromatic rings. The molecule has 0 bridgehead atoms. The molecule has 0 saturated carbocycles. The predicted molar refractivity (Wildman–Crippen MR) is 58.6 cm³/mol. The van der Waals surface area contributed by atoms with Crippen molar-refractivity contribution in [2.45, 2.75) is 32.6 Å². The lowest BCUT2D eigenvalue weighted by atomic mass is 10.1. The Hall–Kier alpha value is -1.06. The van der Waals surface area contributed by atoms with Crippen molar-refractivity contribution in [1.82, 2.24) is 0 Å². The van der Waals surface area contributed by atoms with E-state index in [0.717, 1.165) is 5.56 Å². The van der Waals surface area contributed by atoms with E-state index in [4.69, 9.17) is 16.2 Å². The second-order valence-electron chi connectivity index (χ2n) is 4.28. The summed E-state index contributed by atoms with van der Waals surface area (Å²) in [5, 5.41) is 0. The first kappa shape index (κ1) is 11.0. The fourth-order valence-corrected chi connectivity index (χ4v) is 1.21. The van der Waals surface area contributed by atoms with Crippen LogP contribution in [0, 0.1) is 0 Å². The highest BCUT2D eigenvalue weighted by Gasteiger charge is 2.18. The van der Waals surface area contributed by atoms with Crippen LogP contribution in [0.1, 0.15) is 32.6 Å². The molecule has 1 rings (SSSR count). The number of para-hydroxylation sites is 1. The van der Waals surface area contributed by atoms with E-state index >= 15 is 0 Å². The average Bonchev–Trinajstić information content (AvgIpc) is 2.01. The van der Waals surface area contributed by atoms with Gasteiger partial charge in [-0.25, -0.2) is 0 Å². The van der Waals surface area contributed by atoms with Crippen LogP contribution in [0.25, 0.3) is 0 Å². The molecule has 0 aliphatic heterocycles. The molecule has 0 aliphatic rings. The van der Waals surface area contributed by atoms with Crippen LogP contribution in [0.3, 0.4) is 0 Å². The third-order valence-corrected chi connectivity index (χ3v) is 1.78. The van der Waals surface area contributed by atoms with Gasteiger partial charge in [0.1, 0.15) is 6.23 Å². The average molecular weight is 194 g/mol. The summed E-state index contributed by atoms with van der Waals surface area (Å²) in [4.78, 5) is 0. The first-order chi connectivity index (χ1) is 6.40. The maximum absolute atomic E-state index is 5.88. The van der Waals surface area contributed by atoms with Crippen LogP contribution < -0.4 is 11.5 Å². The molecule has 0 spiro atoms. The molecule has 14 heavy (non-hydrogen) atoms. The molecule has 78 valence electrons. The quantitative estimate of drug-likeness (QED) is 0.559. The molecule has 4 N–H and O–H groups in total. The fourth-order valence-electron chi connectivity index (χ4n) is 1.21. The van der Waals surface area contributed by atoms with E-state index in [9.17, 15) is 0 Å². The Kier molecular flexibility index (Phi) is 3.13. The van der Waals surface area contributed by atoms with Gasteiger partial charge in [0, 0.05) is 11.3 Å². The van der Waals surface area contributed by atoms with E-state index in [0.29, 0.717) is 5.69 Å². The van der Waals surface area contributed by atoms with Crippen molar-refractivity contribution >= 4 is 5.69 Å². The van der Waals surface area contributed by atoms with Gasteiger partial charge in [-0.1, -0.05) is 18.2 Å². The Morgan fingerprint density at radius 1 is 1.21 bits per heavy atom. The topological polar surface area (TPSA) is 61.3 Å². The molecular formula is C11H18N2O. The first-order valence-corrected chi connectivity index (χ1v) is 4.68. The molecule has 3 heteroatoms. The number of rotatable bonds is 2. The van der Waals surface area contributed by atoms with Crippen LogP contribution in [0.15, 0.2) is 24.3 Å². The van der Waals surface area contributed by atoms with Gasteiger partial charge >= 0.3 is 0 Å². The van der Waals surface area contributed by atoms with Crippen molar-refractivity contribution < 1.29 is 4.74 Å². The van der Waals surface area contributed by atoms with E-state index in [1.54, 1.807) is 0 Å². The lowest BCUT2D eigenvalue weighted by Crippen LogP contribution is -2.27. The standard InChI is InChI=1S/C11H18N2O/c1-11(2,3)14-10(13)8-6-4-5-7-9(8)12/h4-7,10H,12-13H2,1-3H3. The van der Waals surface area contributed by atoms with Gasteiger partial charge in [0.2, 0.25) is 0 Å². The normalized spacial score (nSPS) is 14.0. The third kappa shape index (κ3) is 3.01. The van der Waals surface area contributed by atoms with Crippen LogP contribution in [0.5, 0.6) is 0 Å². The molecule has 0 amide bonds. The summed E-state index contributed by atoms with van der Waals surface area (Å²) in [5.74, 6) is 0. The molecular weight excluding hydrogens is 176 g/mol. The van der Waals surface area contributed by atoms with Gasteiger partial charge in [0.15, 0.2) is 0 Å². The maximum Gasteiger partial charge on any atom is 0.134 e. The van der Waals surface area contributed by atoms with E-state index in [1.165, 1.54) is 0 Å². The lowest BCUT2D eigenvalue weighted by molar-refractivity contribution is -0.0584. The van der Waals surface area contributed by atoms with Gasteiger partial charge in [-0.2, -0.15) is 0 Å². The molecule has 3 nitrogen and oxygen atoms in total. The molecule has 0 aliphatic carbocycles. The highest BCUT2D eigenvalue weighted by atomic mass is 16.5. The van der Waals surface area contributed by atoms with E-state index in [1.807, 2.05) is 45.0 Å². The zero-order valence-electron chi connectivity index (χ0n) is 8.95. The number of ether oxygens (including phenoxy) is 1. The highest BCUT2D eigenvalue weighted by molar-refractivity contribution is 5.47. The zero-order chi connectivity index (χ0) is 10.8. The minimum atomic E-state index is -0.462. The summed E-state index contributed by atoms with van der Waals surface area (Å²) in [6.07, 6.45) is -0.462. The van der Waals surface area contributed by atoms with Crippen molar-refractivity contribution in [3.63, 3.8) is 0 Å². The second kappa shape index (κ2) is 3.98. The zero-order valence-corrected chi connectivity index (χ0v) is 8.95. The van der Waals surface area contributed by atoms with Gasteiger partial charge in [0.25, 0.3) is 0 Å². The Balaban J connectivity index is 2.80. The van der Waals surface area contributed by atoms with Gasteiger partial charge in [-0.05, 0) is 26.8 Å². The molecule has 1 aromatic carbocycles. The van der Waals surface area contributed by atoms with Crippen molar-refractivity contribution in [3.8, 4) is 0 Å². The first-order valence-electron chi connectivity index (χ1n) is 4.68. The van der Waals surface area contributed by atoms with Crippen LogP contribution in [-0.2, 0) is 4.74 Å². The van der Waals surface area contributed by atoms with E-state index in [2.05, 4.69) is 0 Å². The highest BCUT2D eigenvalue weighted by Crippen LogP contribution is 2.23. The predicted octanol–water partition coefficient (Wildman–Crippen LogP) is 2.04. The van der Waals surface area contributed by atoms with Crippen molar-refractivity contribution in [2.75, 3.05) is 5.73 Å². The molecule has 0 aromatic heterocycles. The van der Waals surface area contributed by atoms with Gasteiger partial charge in [-0.3, -0.25) is 0 Å². The number of hydrogen-bond acceptors (Lipinski definition) is 3. The Labute approximate surface area is 85.0 Å². The summed E-state index contributed by atoms with van der Waals surface area (Å²) in [6.45, 7) is 5.89. The van der Waals surface area contributed by atoms with Crippen molar-refractivity contribution in [2.24, 2.45) is 5.73 Å². The van der Waals surface area contributed by atoms with E-state index in [-0.39, 0.29) is 5.60 Å². The van der Waals surface area contributed by atoms with Crippen LogP contribution >= 0.6 is 0 Å². The van der Waals surface area contributed by atoms with Gasteiger partial charge in [-0.15, -0.1) is 0 Å². The summed E-state index contributed by atoms with van der Waals surface area (Å²) in [6, 6.07) is 7.48. The van der Waals surface area contributed by atoms with Crippen molar-refractivity contribution in [3.05, 3.63) is 29.8 Å². The number of nitrogens with two attached hydrogens (primary N) is 2. The SMILES string of the molecule is CC(C)(C)OC(N)c1ccccc1N. The molecule has 1 atom stereocenters. The molecule has 0 saturated heterocycles. The molecule has 0 radical (unpaired) electrons. The third-order valence-electron chi connectivity index (χ3n) is 1.78. The van der Waals surface area contributed by atoms with Crippen LogP contribution in [0.4, 0.5) is 5.69 Å². The molecule has 1 unspecified atom stereocenters. The maximum atomic E-state index is 5.88. The Bertz CT molecular complexity index is 304. The molecule has 0 fully saturated rings. The summed E-state index contributed by atoms with van der Waals surface area (Å²) < 4.78 is 5.60. The summed E-state index contributed by atoms with van der Waals surface area (Å²) >= 11 is 0. The second-order valence-corrected chi connectivity index (χ2v) is 4.28. The minimum absolute atomic E-state index is 0.262. The number of benzene rings is 1. The number of anilines is 1. The minimum Gasteiger partial charge on any atom is -0.398 e. The largest absolute Gasteiger partial charge is 0.398 e. The summed E-state index contributed by atoms with van der Waals surface area (Å²) in [7, 11) is 0. The van der Waals surface area contributed by atoms with Gasteiger partial charge in [0.05, 0.1) is 5.60 Å². The Morgan fingerprint density at radius 3 is 2.29 bits per heavy atom. The lowest BCUT2D eigenvalue weighted by Gasteiger charge is -2.25. The number of nitrogen functional groups attached to an aromatic ring is 1. The monoisotopic (exact) mass is 194 g/mol. The fraction of sp³-hybridized carbons (Fsp3) is 0.455.